The van der Waals surface area contributed by atoms with Crippen molar-refractivity contribution in [2.75, 3.05) is 11.9 Å². The van der Waals surface area contributed by atoms with Gasteiger partial charge in [0, 0.05) is 18.7 Å². The molecule has 1 aromatic heterocycles. The topological polar surface area (TPSA) is 48.7 Å². The van der Waals surface area contributed by atoms with E-state index in [1.54, 1.807) is 0 Å². The number of rotatable bonds is 3. The molecule has 0 spiro atoms. The van der Waals surface area contributed by atoms with Crippen molar-refractivity contribution in [2.24, 2.45) is 0 Å². The second-order valence-corrected chi connectivity index (χ2v) is 4.19. The highest BCUT2D eigenvalue weighted by molar-refractivity contribution is 5.54. The molecule has 0 radical (unpaired) electrons. The Labute approximate surface area is 102 Å². The highest BCUT2D eigenvalue weighted by Gasteiger charge is 2.14. The van der Waals surface area contributed by atoms with Crippen molar-refractivity contribution in [1.82, 2.24) is 4.98 Å². The van der Waals surface area contributed by atoms with Crippen LogP contribution in [0.3, 0.4) is 0 Å². The summed E-state index contributed by atoms with van der Waals surface area (Å²) in [7, 11) is 0. The molecule has 1 aliphatic carbocycles. The number of nitriles is 1. The third kappa shape index (κ3) is 2.57. The minimum Gasteiger partial charge on any atom is -0.368 e. The normalized spacial score (nSPS) is 13.3. The Kier molecular flexibility index (Phi) is 3.62. The van der Waals surface area contributed by atoms with Crippen molar-refractivity contribution >= 4 is 5.82 Å². The lowest BCUT2D eigenvalue weighted by Gasteiger charge is -2.17. The third-order valence-corrected chi connectivity index (χ3v) is 2.98. The molecule has 1 heterocycles. The first kappa shape index (κ1) is 11.5. The zero-order valence-electron chi connectivity index (χ0n) is 9.79. The average molecular weight is 225 g/mol. The molecule has 1 N–H and O–H groups in total. The molecule has 2 rings (SSSR count). The molecule has 0 atom stereocenters. The number of aryl methyl sites for hydroxylation is 2. The smallest absolute Gasteiger partial charge is 0.144 e. The maximum atomic E-state index is 9.11. The zero-order valence-corrected chi connectivity index (χ0v) is 9.79. The Balaban J connectivity index is 2.25. The molecule has 3 nitrogen and oxygen atoms in total. The van der Waals surface area contributed by atoms with E-state index in [4.69, 9.17) is 11.7 Å². The molecule has 3 heteroatoms. The number of aromatic nitrogens is 1. The minimum atomic E-state index is 0.627. The predicted molar refractivity (Wildman–Crippen MR) is 67.5 cm³/mol. The maximum absolute atomic E-state index is 9.11. The van der Waals surface area contributed by atoms with Gasteiger partial charge in [-0.1, -0.05) is 0 Å². The quantitative estimate of drug-likeness (QED) is 0.634. The van der Waals surface area contributed by atoms with Gasteiger partial charge in [0.1, 0.15) is 11.9 Å². The van der Waals surface area contributed by atoms with Crippen LogP contribution in [-0.4, -0.2) is 11.5 Å². The number of terminal acetylenes is 1. The number of hydrogen-bond acceptors (Lipinski definition) is 3. The SMILES string of the molecule is C#CCCNc1nc2c(cc1C#N)CCCC2. The van der Waals surface area contributed by atoms with Crippen molar-refractivity contribution in [1.29, 1.82) is 5.26 Å². The van der Waals surface area contributed by atoms with E-state index in [0.29, 0.717) is 24.3 Å². The van der Waals surface area contributed by atoms with Crippen LogP contribution in [0.25, 0.3) is 0 Å². The van der Waals surface area contributed by atoms with Gasteiger partial charge in [0.05, 0.1) is 5.56 Å². The number of nitrogens with zero attached hydrogens (tertiary/aromatic N) is 2. The highest BCUT2D eigenvalue weighted by Crippen LogP contribution is 2.24. The van der Waals surface area contributed by atoms with E-state index >= 15 is 0 Å². The summed E-state index contributed by atoms with van der Waals surface area (Å²) in [6.45, 7) is 0.664. The molecule has 0 bridgehead atoms. The van der Waals surface area contributed by atoms with Crippen LogP contribution in [0.1, 0.15) is 36.1 Å². The zero-order chi connectivity index (χ0) is 12.1. The summed E-state index contributed by atoms with van der Waals surface area (Å²) in [6.07, 6.45) is 10.3. The van der Waals surface area contributed by atoms with Gasteiger partial charge in [-0.15, -0.1) is 12.3 Å². The van der Waals surface area contributed by atoms with E-state index in [2.05, 4.69) is 22.3 Å². The summed E-state index contributed by atoms with van der Waals surface area (Å²) in [5.74, 6) is 3.25. The number of pyridine rings is 1. The molecule has 0 amide bonds. The maximum Gasteiger partial charge on any atom is 0.144 e. The Bertz CT molecular complexity index is 491. The van der Waals surface area contributed by atoms with Crippen LogP contribution < -0.4 is 5.32 Å². The standard InChI is InChI=1S/C14H15N3/c1-2-3-8-16-14-12(10-15)9-11-6-4-5-7-13(11)17-14/h1,9H,3-8H2,(H,16,17). The Morgan fingerprint density at radius 2 is 2.24 bits per heavy atom. The summed E-state index contributed by atoms with van der Waals surface area (Å²) < 4.78 is 0. The highest BCUT2D eigenvalue weighted by atomic mass is 15.0. The first-order valence-corrected chi connectivity index (χ1v) is 5.95. The fourth-order valence-electron chi connectivity index (χ4n) is 2.11. The monoisotopic (exact) mass is 225 g/mol. The van der Waals surface area contributed by atoms with Crippen LogP contribution >= 0.6 is 0 Å². The van der Waals surface area contributed by atoms with E-state index in [-0.39, 0.29) is 0 Å². The lowest BCUT2D eigenvalue weighted by molar-refractivity contribution is 0.668. The summed E-state index contributed by atoms with van der Waals surface area (Å²) in [4.78, 5) is 4.55. The van der Waals surface area contributed by atoms with E-state index in [1.807, 2.05) is 6.07 Å². The Morgan fingerprint density at radius 3 is 3.00 bits per heavy atom. The van der Waals surface area contributed by atoms with Crippen LogP contribution in [0.4, 0.5) is 5.82 Å². The second-order valence-electron chi connectivity index (χ2n) is 4.19. The van der Waals surface area contributed by atoms with Crippen molar-refractivity contribution in [3.8, 4) is 18.4 Å². The van der Waals surface area contributed by atoms with Crippen molar-refractivity contribution in [3.05, 3.63) is 22.9 Å². The summed E-state index contributed by atoms with van der Waals surface area (Å²) in [6, 6.07) is 4.17. The van der Waals surface area contributed by atoms with Gasteiger partial charge >= 0.3 is 0 Å². The third-order valence-electron chi connectivity index (χ3n) is 2.98. The van der Waals surface area contributed by atoms with Crippen molar-refractivity contribution in [3.63, 3.8) is 0 Å². The van der Waals surface area contributed by atoms with E-state index in [0.717, 1.165) is 18.5 Å². The van der Waals surface area contributed by atoms with Crippen LogP contribution in [0.5, 0.6) is 0 Å². The van der Waals surface area contributed by atoms with Gasteiger partial charge in [-0.3, -0.25) is 0 Å². The number of anilines is 1. The Hall–Kier alpha value is -2.00. The largest absolute Gasteiger partial charge is 0.368 e. The fourth-order valence-corrected chi connectivity index (χ4v) is 2.11. The van der Waals surface area contributed by atoms with E-state index < -0.39 is 0 Å². The molecule has 0 fully saturated rings. The number of nitrogens with one attached hydrogen (secondary N) is 1. The molecule has 0 saturated heterocycles. The van der Waals surface area contributed by atoms with Gasteiger partial charge in [0.25, 0.3) is 0 Å². The van der Waals surface area contributed by atoms with Gasteiger partial charge in [-0.25, -0.2) is 4.98 Å². The minimum absolute atomic E-state index is 0.627. The lowest BCUT2D eigenvalue weighted by Crippen LogP contribution is -2.11. The molecule has 86 valence electrons. The second kappa shape index (κ2) is 5.37. The van der Waals surface area contributed by atoms with Crippen LogP contribution in [0.2, 0.25) is 0 Å². The first-order valence-electron chi connectivity index (χ1n) is 5.95. The predicted octanol–water partition coefficient (Wildman–Crippen LogP) is 2.27. The van der Waals surface area contributed by atoms with Gasteiger partial charge in [-0.2, -0.15) is 5.26 Å². The molecule has 0 unspecified atom stereocenters. The summed E-state index contributed by atoms with van der Waals surface area (Å²) in [5.41, 5.74) is 3.00. The van der Waals surface area contributed by atoms with E-state index in [1.165, 1.54) is 18.4 Å². The first-order chi connectivity index (χ1) is 8.35. The molecule has 17 heavy (non-hydrogen) atoms. The average Bonchev–Trinajstić information content (AvgIpc) is 2.38. The number of hydrogen-bond donors (Lipinski definition) is 1. The molecule has 1 aromatic rings. The van der Waals surface area contributed by atoms with Crippen molar-refractivity contribution in [2.45, 2.75) is 32.1 Å². The van der Waals surface area contributed by atoms with Gasteiger partial charge < -0.3 is 5.32 Å². The van der Waals surface area contributed by atoms with Crippen molar-refractivity contribution < 1.29 is 0 Å². The van der Waals surface area contributed by atoms with Gasteiger partial charge in [0.15, 0.2) is 0 Å². The molecule has 1 aliphatic rings. The molecular formula is C14H15N3. The summed E-state index contributed by atoms with van der Waals surface area (Å²) in [5, 5.41) is 12.2. The fraction of sp³-hybridized carbons (Fsp3) is 0.429. The van der Waals surface area contributed by atoms with Gasteiger partial charge in [0.2, 0.25) is 0 Å². The molecular weight excluding hydrogens is 210 g/mol. The number of fused-ring (bicyclic) bond motifs is 1. The summed E-state index contributed by atoms with van der Waals surface area (Å²) >= 11 is 0. The van der Waals surface area contributed by atoms with Crippen LogP contribution in [0.15, 0.2) is 6.07 Å². The van der Waals surface area contributed by atoms with Gasteiger partial charge in [-0.05, 0) is 37.3 Å². The molecule has 0 aliphatic heterocycles. The lowest BCUT2D eigenvalue weighted by atomic mass is 9.95. The van der Waals surface area contributed by atoms with Crippen LogP contribution in [-0.2, 0) is 12.8 Å². The molecule has 0 aromatic carbocycles. The molecule has 0 saturated carbocycles. The Morgan fingerprint density at radius 1 is 1.41 bits per heavy atom. The van der Waals surface area contributed by atoms with E-state index in [9.17, 15) is 0 Å². The van der Waals surface area contributed by atoms with Crippen LogP contribution in [0, 0.1) is 23.7 Å².